The van der Waals surface area contributed by atoms with Gasteiger partial charge in [-0.3, -0.25) is 4.68 Å². The Morgan fingerprint density at radius 3 is 2.62 bits per heavy atom. The number of hydrogen-bond donors (Lipinski definition) is 2. The van der Waals surface area contributed by atoms with Crippen molar-refractivity contribution in [2.45, 2.75) is 13.8 Å². The fraction of sp³-hybridized carbons (Fsp3) is 0.190. The van der Waals surface area contributed by atoms with E-state index in [1.807, 2.05) is 57.4 Å². The SMILES string of the molecule is COc1ccc(C)c(Oc2cccc3nc(Nc4cnn(C)c4)nc(N)c23)c1C. The molecule has 0 fully saturated rings. The van der Waals surface area contributed by atoms with Gasteiger partial charge in [0.05, 0.1) is 29.9 Å². The van der Waals surface area contributed by atoms with Gasteiger partial charge in [0, 0.05) is 18.8 Å². The van der Waals surface area contributed by atoms with E-state index in [1.165, 1.54) is 0 Å². The van der Waals surface area contributed by atoms with Crippen molar-refractivity contribution in [3.05, 3.63) is 53.9 Å². The molecule has 0 aliphatic heterocycles. The summed E-state index contributed by atoms with van der Waals surface area (Å²) < 4.78 is 13.4. The van der Waals surface area contributed by atoms with Gasteiger partial charge in [0.25, 0.3) is 0 Å². The largest absolute Gasteiger partial charge is 0.496 e. The number of methoxy groups -OCH3 is 1. The molecular weight excluding hydrogens is 368 g/mol. The van der Waals surface area contributed by atoms with E-state index >= 15 is 0 Å². The van der Waals surface area contributed by atoms with Crippen LogP contribution in [0.1, 0.15) is 11.1 Å². The summed E-state index contributed by atoms with van der Waals surface area (Å²) in [4.78, 5) is 8.98. The zero-order chi connectivity index (χ0) is 20.5. The average Bonchev–Trinajstić information content (AvgIpc) is 3.09. The Balaban J connectivity index is 1.75. The number of anilines is 3. The second-order valence-corrected chi connectivity index (χ2v) is 6.75. The molecule has 2 aromatic heterocycles. The van der Waals surface area contributed by atoms with Crippen LogP contribution in [0.5, 0.6) is 17.2 Å². The van der Waals surface area contributed by atoms with Crippen molar-refractivity contribution in [3.8, 4) is 17.2 Å². The van der Waals surface area contributed by atoms with Crippen molar-refractivity contribution < 1.29 is 9.47 Å². The van der Waals surface area contributed by atoms with Crippen LogP contribution in [0, 0.1) is 13.8 Å². The van der Waals surface area contributed by atoms with Gasteiger partial charge in [0.1, 0.15) is 23.1 Å². The summed E-state index contributed by atoms with van der Waals surface area (Å²) in [5.41, 5.74) is 9.66. The fourth-order valence-corrected chi connectivity index (χ4v) is 3.23. The molecule has 0 spiro atoms. The van der Waals surface area contributed by atoms with Gasteiger partial charge in [-0.25, -0.2) is 4.98 Å². The summed E-state index contributed by atoms with van der Waals surface area (Å²) in [7, 11) is 3.48. The topological polar surface area (TPSA) is 100 Å². The van der Waals surface area contributed by atoms with Crippen LogP contribution in [0.3, 0.4) is 0 Å². The molecule has 0 atom stereocenters. The monoisotopic (exact) mass is 390 g/mol. The van der Waals surface area contributed by atoms with Gasteiger partial charge in [0.2, 0.25) is 5.95 Å². The average molecular weight is 390 g/mol. The standard InChI is InChI=1S/C21H22N6O2/c1-12-8-9-16(28-4)13(2)19(12)29-17-7-5-6-15-18(17)20(22)26-21(25-15)24-14-10-23-27(3)11-14/h5-11H,1-4H3,(H3,22,24,25,26). The predicted molar refractivity (Wildman–Crippen MR) is 113 cm³/mol. The van der Waals surface area contributed by atoms with Crippen LogP contribution in [0.2, 0.25) is 0 Å². The zero-order valence-corrected chi connectivity index (χ0v) is 16.7. The van der Waals surface area contributed by atoms with Gasteiger partial charge >= 0.3 is 0 Å². The lowest BCUT2D eigenvalue weighted by molar-refractivity contribution is 0.404. The van der Waals surface area contributed by atoms with Crippen molar-refractivity contribution in [1.29, 1.82) is 0 Å². The van der Waals surface area contributed by atoms with Crippen molar-refractivity contribution in [3.63, 3.8) is 0 Å². The Bertz CT molecular complexity index is 1200. The van der Waals surface area contributed by atoms with Crippen LogP contribution in [-0.2, 0) is 7.05 Å². The number of ether oxygens (including phenoxy) is 2. The Hall–Kier alpha value is -3.81. The molecular formula is C21H22N6O2. The summed E-state index contributed by atoms with van der Waals surface area (Å²) in [6.45, 7) is 3.95. The van der Waals surface area contributed by atoms with E-state index in [4.69, 9.17) is 15.2 Å². The molecule has 4 aromatic rings. The number of aryl methyl sites for hydroxylation is 2. The summed E-state index contributed by atoms with van der Waals surface area (Å²) >= 11 is 0. The lowest BCUT2D eigenvalue weighted by Crippen LogP contribution is -2.02. The van der Waals surface area contributed by atoms with Crippen LogP contribution in [0.4, 0.5) is 17.5 Å². The summed E-state index contributed by atoms with van der Waals surface area (Å²) in [5, 5.41) is 7.90. The van der Waals surface area contributed by atoms with E-state index in [0.29, 0.717) is 28.4 Å². The number of nitrogens with one attached hydrogen (secondary N) is 1. The highest BCUT2D eigenvalue weighted by molar-refractivity contribution is 5.95. The first-order chi connectivity index (χ1) is 14.0. The predicted octanol–water partition coefficient (Wildman–Crippen LogP) is 4.11. The third-order valence-electron chi connectivity index (χ3n) is 4.66. The number of nitrogen functional groups attached to an aromatic ring is 1. The molecule has 0 aliphatic carbocycles. The van der Waals surface area contributed by atoms with E-state index < -0.39 is 0 Å². The second kappa shape index (κ2) is 7.31. The van der Waals surface area contributed by atoms with Gasteiger partial charge in [-0.15, -0.1) is 0 Å². The maximum Gasteiger partial charge on any atom is 0.229 e. The second-order valence-electron chi connectivity index (χ2n) is 6.75. The van der Waals surface area contributed by atoms with Crippen molar-refractivity contribution in [1.82, 2.24) is 19.7 Å². The Labute approximate surface area is 168 Å². The third-order valence-corrected chi connectivity index (χ3v) is 4.66. The van der Waals surface area contributed by atoms with E-state index in [1.54, 1.807) is 18.0 Å². The lowest BCUT2D eigenvalue weighted by Gasteiger charge is -2.16. The van der Waals surface area contributed by atoms with Crippen LogP contribution < -0.4 is 20.5 Å². The van der Waals surface area contributed by atoms with Gasteiger partial charge in [-0.05, 0) is 37.6 Å². The first-order valence-electron chi connectivity index (χ1n) is 9.10. The quantitative estimate of drug-likeness (QED) is 0.529. The van der Waals surface area contributed by atoms with E-state index in [0.717, 1.165) is 28.3 Å². The number of rotatable bonds is 5. The summed E-state index contributed by atoms with van der Waals surface area (Å²) in [6.07, 6.45) is 3.52. The highest BCUT2D eigenvalue weighted by atomic mass is 16.5. The van der Waals surface area contributed by atoms with Crippen LogP contribution in [0.25, 0.3) is 10.9 Å². The Morgan fingerprint density at radius 2 is 1.90 bits per heavy atom. The van der Waals surface area contributed by atoms with Gasteiger partial charge in [0.15, 0.2) is 0 Å². The molecule has 0 amide bonds. The number of nitrogens with two attached hydrogens (primary N) is 1. The molecule has 3 N–H and O–H groups in total. The highest BCUT2D eigenvalue weighted by Crippen LogP contribution is 2.38. The molecule has 4 rings (SSSR count). The van der Waals surface area contributed by atoms with Crippen molar-refractivity contribution in [2.75, 3.05) is 18.2 Å². The first kappa shape index (κ1) is 18.5. The smallest absolute Gasteiger partial charge is 0.229 e. The summed E-state index contributed by atoms with van der Waals surface area (Å²) in [6, 6.07) is 9.49. The number of benzene rings is 2. The normalized spacial score (nSPS) is 10.9. The molecule has 0 aliphatic rings. The molecule has 2 aromatic carbocycles. The first-order valence-corrected chi connectivity index (χ1v) is 9.10. The molecule has 0 unspecified atom stereocenters. The zero-order valence-electron chi connectivity index (χ0n) is 16.7. The highest BCUT2D eigenvalue weighted by Gasteiger charge is 2.15. The van der Waals surface area contributed by atoms with Crippen LogP contribution >= 0.6 is 0 Å². The van der Waals surface area contributed by atoms with E-state index in [-0.39, 0.29) is 0 Å². The summed E-state index contributed by atoms with van der Waals surface area (Å²) in [5.74, 6) is 2.81. The van der Waals surface area contributed by atoms with Gasteiger partial charge < -0.3 is 20.5 Å². The van der Waals surface area contributed by atoms with E-state index in [2.05, 4.69) is 20.4 Å². The fourth-order valence-electron chi connectivity index (χ4n) is 3.23. The molecule has 0 saturated heterocycles. The van der Waals surface area contributed by atoms with Crippen molar-refractivity contribution in [2.24, 2.45) is 7.05 Å². The molecule has 148 valence electrons. The maximum absolute atomic E-state index is 6.29. The molecule has 0 bridgehead atoms. The van der Waals surface area contributed by atoms with Crippen LogP contribution in [0.15, 0.2) is 42.7 Å². The minimum atomic E-state index is 0.329. The molecule has 8 nitrogen and oxygen atoms in total. The molecule has 0 radical (unpaired) electrons. The minimum Gasteiger partial charge on any atom is -0.496 e. The van der Waals surface area contributed by atoms with Gasteiger partial charge in [-0.2, -0.15) is 10.1 Å². The molecule has 0 saturated carbocycles. The Kier molecular flexibility index (Phi) is 4.67. The molecule has 29 heavy (non-hydrogen) atoms. The minimum absolute atomic E-state index is 0.329. The van der Waals surface area contributed by atoms with Crippen LogP contribution in [-0.4, -0.2) is 26.9 Å². The molecule has 2 heterocycles. The van der Waals surface area contributed by atoms with Crippen molar-refractivity contribution >= 4 is 28.4 Å². The van der Waals surface area contributed by atoms with Gasteiger partial charge in [-0.1, -0.05) is 12.1 Å². The van der Waals surface area contributed by atoms with E-state index in [9.17, 15) is 0 Å². The lowest BCUT2D eigenvalue weighted by atomic mass is 10.1. The molecule has 8 heteroatoms. The third kappa shape index (κ3) is 3.52. The number of nitrogens with zero attached hydrogens (tertiary/aromatic N) is 4. The maximum atomic E-state index is 6.29. The number of aromatic nitrogens is 4. The number of hydrogen-bond acceptors (Lipinski definition) is 7. The number of fused-ring (bicyclic) bond motifs is 1. The Morgan fingerprint density at radius 1 is 1.07 bits per heavy atom.